The van der Waals surface area contributed by atoms with Crippen molar-refractivity contribution >= 4 is 0 Å². The first kappa shape index (κ1) is 27.1. The Hall–Kier alpha value is -0.277. The van der Waals surface area contributed by atoms with Crippen LogP contribution in [0.4, 0.5) is 0 Å². The molecule has 2 aromatic rings. The van der Waals surface area contributed by atoms with Crippen LogP contribution in [0.3, 0.4) is 0 Å². The first-order valence-electron chi connectivity index (χ1n) is 4.32. The summed E-state index contributed by atoms with van der Waals surface area (Å²) in [6, 6.07) is 15.8. The number of hydrogen-bond acceptors (Lipinski definition) is 2. The van der Waals surface area contributed by atoms with Crippen LogP contribution in [0.25, 0.3) is 0 Å². The monoisotopic (exact) mass is 368 g/mol. The van der Waals surface area contributed by atoms with E-state index in [1.54, 1.807) is 7.11 Å². The summed E-state index contributed by atoms with van der Waals surface area (Å²) in [4.78, 5) is 13.5. The molecule has 0 fully saturated rings. The molecule has 1 heterocycles. The maximum absolute atomic E-state index is 10.1. The molecule has 97 valence electrons. The molecule has 1 aromatic carbocycles. The molecular weight excluding hydrogens is 355 g/mol. The van der Waals surface area contributed by atoms with Crippen LogP contribution < -0.4 is 15.3 Å². The van der Waals surface area contributed by atoms with Crippen LogP contribution in [-0.4, -0.2) is 7.11 Å². The van der Waals surface area contributed by atoms with Crippen LogP contribution in [0.1, 0.15) is 0 Å². The van der Waals surface area contributed by atoms with Gasteiger partial charge in [0.2, 0.25) is 0 Å². The number of methoxy groups -OCH3 is 1. The molecule has 6 heteroatoms. The second-order valence-electron chi connectivity index (χ2n) is 2.54. The average molecular weight is 368 g/mol. The minimum atomic E-state index is -0.209. The molecule has 0 saturated heterocycles. The van der Waals surface area contributed by atoms with Crippen molar-refractivity contribution in [3.05, 3.63) is 72.5 Å². The van der Waals surface area contributed by atoms with E-state index in [-0.39, 0.29) is 68.7 Å². The molecule has 1 aromatic heterocycles. The molecule has 0 aliphatic rings. The SMILES string of the molecule is COc1cc[c-]cc1.O=c1cc[c-]c[n-]1.[CH3-].[V+2].[V+2].[V]. The quantitative estimate of drug-likeness (QED) is 0.721. The summed E-state index contributed by atoms with van der Waals surface area (Å²) < 4.78 is 4.89. The van der Waals surface area contributed by atoms with Crippen LogP contribution in [-0.2, 0) is 55.7 Å². The topological polar surface area (TPSA) is 40.4 Å². The van der Waals surface area contributed by atoms with E-state index in [0.717, 1.165) is 5.75 Å². The Labute approximate surface area is 150 Å². The minimum Gasteiger partial charge on any atom is -0.662 e. The predicted octanol–water partition coefficient (Wildman–Crippen LogP) is 1.74. The molecule has 0 spiro atoms. The third kappa shape index (κ3) is 13.9. The zero-order valence-electron chi connectivity index (χ0n) is 10.6. The number of hydrogen-bond donors (Lipinski definition) is 0. The van der Waals surface area contributed by atoms with Crippen molar-refractivity contribution in [1.82, 2.24) is 4.98 Å². The predicted molar refractivity (Wildman–Crippen MR) is 63.1 cm³/mol. The van der Waals surface area contributed by atoms with Crippen molar-refractivity contribution < 1.29 is 60.4 Å². The fraction of sp³-hybridized carbons (Fsp3) is 0.0769. The Morgan fingerprint density at radius 3 is 1.84 bits per heavy atom. The van der Waals surface area contributed by atoms with Crippen molar-refractivity contribution in [2.24, 2.45) is 0 Å². The van der Waals surface area contributed by atoms with Crippen molar-refractivity contribution in [2.45, 2.75) is 0 Å². The van der Waals surface area contributed by atoms with Crippen molar-refractivity contribution in [3.8, 4) is 5.75 Å². The van der Waals surface area contributed by atoms with Crippen LogP contribution in [0.2, 0.25) is 0 Å². The fourth-order valence-electron chi connectivity index (χ4n) is 0.814. The van der Waals surface area contributed by atoms with Gasteiger partial charge in [-0.05, 0) is 5.56 Å². The summed E-state index contributed by atoms with van der Waals surface area (Å²) in [5.74, 6) is 0.878. The Kier molecular flexibility index (Phi) is 25.3. The molecule has 19 heavy (non-hydrogen) atoms. The molecule has 0 saturated carbocycles. The maximum atomic E-state index is 10.1. The van der Waals surface area contributed by atoms with E-state index in [9.17, 15) is 4.79 Å². The van der Waals surface area contributed by atoms with Gasteiger partial charge in [0.05, 0.1) is 7.11 Å². The summed E-state index contributed by atoms with van der Waals surface area (Å²) in [7, 11) is 1.65. The molecule has 0 unspecified atom stereocenters. The number of benzene rings is 1. The van der Waals surface area contributed by atoms with Gasteiger partial charge in [-0.1, -0.05) is 0 Å². The second-order valence-corrected chi connectivity index (χ2v) is 2.54. The number of rotatable bonds is 1. The number of aromatic nitrogens is 1. The van der Waals surface area contributed by atoms with E-state index >= 15 is 0 Å². The van der Waals surface area contributed by atoms with E-state index in [1.807, 2.05) is 24.3 Å². The second kappa shape index (κ2) is 17.7. The summed E-state index contributed by atoms with van der Waals surface area (Å²) >= 11 is 0. The summed E-state index contributed by atoms with van der Waals surface area (Å²) in [6.07, 6.45) is 1.35. The molecule has 2 rings (SSSR count). The average Bonchev–Trinajstić information content (AvgIpc) is 2.32. The summed E-state index contributed by atoms with van der Waals surface area (Å²) in [6.45, 7) is 0. The largest absolute Gasteiger partial charge is 2.00 e. The molecular formula is C13H13NO2V3. The van der Waals surface area contributed by atoms with Crippen LogP contribution in [0.15, 0.2) is 47.4 Å². The standard InChI is InChI=1S/C7H7O.C5H4NO.CH3.3V/c1-8-7-5-3-2-4-6-7;7-5-3-1-2-4-6-5;;;;/h3-6H,1H3;1,3-4H,(H,6,7);1H3;;;/q3*-1;;2*+2/p-1. The normalized spacial score (nSPS) is 6.79. The third-order valence-corrected chi connectivity index (χ3v) is 1.51. The zero-order chi connectivity index (χ0) is 10.9. The van der Waals surface area contributed by atoms with Gasteiger partial charge in [-0.3, -0.25) is 12.3 Å². The number of nitrogens with zero attached hydrogens (tertiary/aromatic N) is 1. The van der Waals surface area contributed by atoms with Crippen LogP contribution >= 0.6 is 0 Å². The van der Waals surface area contributed by atoms with Crippen LogP contribution in [0, 0.1) is 19.6 Å². The van der Waals surface area contributed by atoms with Gasteiger partial charge >= 0.3 is 37.1 Å². The van der Waals surface area contributed by atoms with Gasteiger partial charge in [0.15, 0.2) is 0 Å². The van der Waals surface area contributed by atoms with Crippen LogP contribution in [0.5, 0.6) is 5.75 Å². The van der Waals surface area contributed by atoms with E-state index in [4.69, 9.17) is 4.74 Å². The Morgan fingerprint density at radius 2 is 1.58 bits per heavy atom. The van der Waals surface area contributed by atoms with Gasteiger partial charge in [0.1, 0.15) is 0 Å². The van der Waals surface area contributed by atoms with Gasteiger partial charge in [-0.15, -0.1) is 12.1 Å². The van der Waals surface area contributed by atoms with Gasteiger partial charge in [-0.2, -0.15) is 24.3 Å². The van der Waals surface area contributed by atoms with Crippen molar-refractivity contribution in [1.29, 1.82) is 0 Å². The van der Waals surface area contributed by atoms with E-state index in [2.05, 4.69) is 17.1 Å². The molecule has 3 nitrogen and oxygen atoms in total. The van der Waals surface area contributed by atoms with E-state index < -0.39 is 0 Å². The molecule has 0 aliphatic heterocycles. The van der Waals surface area contributed by atoms with Gasteiger partial charge in [-0.25, -0.2) is 6.07 Å². The Bertz CT molecular complexity index is 418. The van der Waals surface area contributed by atoms with Gasteiger partial charge in [0.25, 0.3) is 0 Å². The summed E-state index contributed by atoms with van der Waals surface area (Å²) in [5, 5.41) is 0. The number of pyridine rings is 1. The van der Waals surface area contributed by atoms with Gasteiger partial charge in [0, 0.05) is 24.3 Å². The Morgan fingerprint density at radius 1 is 1.05 bits per heavy atom. The molecule has 0 N–H and O–H groups in total. The zero-order valence-corrected chi connectivity index (χ0v) is 14.8. The molecule has 3 radical (unpaired) electrons. The molecule has 0 amide bonds. The maximum Gasteiger partial charge on any atom is 2.00 e. The van der Waals surface area contributed by atoms with Gasteiger partial charge < -0.3 is 21.9 Å². The van der Waals surface area contributed by atoms with Crippen molar-refractivity contribution in [3.63, 3.8) is 0 Å². The smallest absolute Gasteiger partial charge is 0.662 e. The minimum absolute atomic E-state index is 0. The Balaban J connectivity index is -0.0000000983. The summed E-state index contributed by atoms with van der Waals surface area (Å²) in [5.41, 5.74) is -0.209. The molecule has 0 atom stereocenters. The number of ether oxygens (including phenoxy) is 1. The van der Waals surface area contributed by atoms with E-state index in [0.29, 0.717) is 0 Å². The molecule has 0 aliphatic carbocycles. The van der Waals surface area contributed by atoms with Crippen molar-refractivity contribution in [2.75, 3.05) is 7.11 Å². The molecule has 0 bridgehead atoms. The third-order valence-electron chi connectivity index (χ3n) is 1.51. The first-order chi connectivity index (χ1) is 7.33. The van der Waals surface area contributed by atoms with E-state index in [1.165, 1.54) is 18.3 Å². The first-order valence-corrected chi connectivity index (χ1v) is 4.32. The fourth-order valence-corrected chi connectivity index (χ4v) is 0.814.